The molecule has 0 saturated heterocycles. The first-order valence-electron chi connectivity index (χ1n) is 6.75. The molecule has 2 heteroatoms. The van der Waals surface area contributed by atoms with Crippen LogP contribution in [0.2, 0.25) is 0 Å². The molecule has 1 N–H and O–H groups in total. The van der Waals surface area contributed by atoms with Gasteiger partial charge in [-0.15, -0.1) is 0 Å². The van der Waals surface area contributed by atoms with Crippen molar-refractivity contribution >= 4 is 5.91 Å². The molecule has 1 aliphatic rings. The van der Waals surface area contributed by atoms with Crippen LogP contribution in [0.25, 0.3) is 0 Å². The fraction of sp³-hybridized carbons (Fsp3) is 0.235. The van der Waals surface area contributed by atoms with E-state index in [-0.39, 0.29) is 17.9 Å². The van der Waals surface area contributed by atoms with Crippen molar-refractivity contribution in [1.29, 1.82) is 0 Å². The number of amides is 1. The molecule has 2 aromatic carbocycles. The van der Waals surface area contributed by atoms with E-state index in [4.69, 9.17) is 0 Å². The summed E-state index contributed by atoms with van der Waals surface area (Å²) in [5, 5.41) is 3.17. The molecule has 0 bridgehead atoms. The van der Waals surface area contributed by atoms with Crippen molar-refractivity contribution < 1.29 is 4.79 Å². The lowest BCUT2D eigenvalue weighted by Crippen LogP contribution is -2.30. The van der Waals surface area contributed by atoms with E-state index in [1.54, 1.807) is 0 Å². The van der Waals surface area contributed by atoms with Gasteiger partial charge >= 0.3 is 0 Å². The maximum absolute atomic E-state index is 12.1. The number of carbonyl (C=O) groups is 1. The first-order chi connectivity index (χ1) is 9.34. The third kappa shape index (κ3) is 2.84. The topological polar surface area (TPSA) is 29.1 Å². The zero-order chi connectivity index (χ0) is 13.1. The van der Waals surface area contributed by atoms with Crippen LogP contribution in [0, 0.1) is 5.92 Å². The molecule has 0 atom stereocenters. The van der Waals surface area contributed by atoms with Crippen molar-refractivity contribution in [2.45, 2.75) is 18.9 Å². The quantitative estimate of drug-likeness (QED) is 0.887. The molecule has 19 heavy (non-hydrogen) atoms. The van der Waals surface area contributed by atoms with Crippen LogP contribution in [-0.2, 0) is 4.79 Å². The summed E-state index contributed by atoms with van der Waals surface area (Å²) in [6.07, 6.45) is 2.06. The highest BCUT2D eigenvalue weighted by Gasteiger charge is 2.31. The Hall–Kier alpha value is -2.09. The Morgan fingerprint density at radius 2 is 1.37 bits per heavy atom. The molecule has 1 amide bonds. The first-order valence-corrected chi connectivity index (χ1v) is 6.75. The van der Waals surface area contributed by atoms with Gasteiger partial charge in [-0.2, -0.15) is 0 Å². The van der Waals surface area contributed by atoms with Gasteiger partial charge in [-0.25, -0.2) is 0 Å². The lowest BCUT2D eigenvalue weighted by Gasteiger charge is -2.19. The normalized spacial score (nSPS) is 14.4. The van der Waals surface area contributed by atoms with Gasteiger partial charge in [0.25, 0.3) is 0 Å². The average molecular weight is 251 g/mol. The molecular formula is C17H17NO. The van der Waals surface area contributed by atoms with Crippen molar-refractivity contribution in [1.82, 2.24) is 5.32 Å². The highest BCUT2D eigenvalue weighted by molar-refractivity contribution is 5.81. The van der Waals surface area contributed by atoms with E-state index in [9.17, 15) is 4.79 Å². The van der Waals surface area contributed by atoms with Gasteiger partial charge < -0.3 is 5.32 Å². The van der Waals surface area contributed by atoms with E-state index in [0.717, 1.165) is 24.0 Å². The third-order valence-electron chi connectivity index (χ3n) is 3.50. The second kappa shape index (κ2) is 5.27. The van der Waals surface area contributed by atoms with Crippen LogP contribution in [0.4, 0.5) is 0 Å². The molecule has 2 aromatic rings. The van der Waals surface area contributed by atoms with Gasteiger partial charge in [-0.05, 0) is 24.0 Å². The predicted octanol–water partition coefficient (Wildman–Crippen LogP) is 3.30. The van der Waals surface area contributed by atoms with Crippen molar-refractivity contribution in [3.05, 3.63) is 71.8 Å². The van der Waals surface area contributed by atoms with E-state index in [0.29, 0.717) is 0 Å². The van der Waals surface area contributed by atoms with Crippen molar-refractivity contribution in [3.63, 3.8) is 0 Å². The predicted molar refractivity (Wildman–Crippen MR) is 75.6 cm³/mol. The smallest absolute Gasteiger partial charge is 0.223 e. The Morgan fingerprint density at radius 1 is 0.895 bits per heavy atom. The van der Waals surface area contributed by atoms with Crippen molar-refractivity contribution in [2.75, 3.05) is 0 Å². The SMILES string of the molecule is O=C(NC(c1ccccc1)c1ccccc1)C1CC1. The number of hydrogen-bond acceptors (Lipinski definition) is 1. The minimum absolute atomic E-state index is 0.0458. The summed E-state index contributed by atoms with van der Waals surface area (Å²) in [5.41, 5.74) is 2.26. The van der Waals surface area contributed by atoms with E-state index in [2.05, 4.69) is 29.6 Å². The summed E-state index contributed by atoms with van der Waals surface area (Å²) >= 11 is 0. The highest BCUT2D eigenvalue weighted by atomic mass is 16.2. The van der Waals surface area contributed by atoms with Gasteiger partial charge in [0.2, 0.25) is 5.91 Å². The third-order valence-corrected chi connectivity index (χ3v) is 3.50. The number of benzene rings is 2. The van der Waals surface area contributed by atoms with Crippen LogP contribution < -0.4 is 5.32 Å². The zero-order valence-corrected chi connectivity index (χ0v) is 10.8. The fourth-order valence-corrected chi connectivity index (χ4v) is 2.26. The molecule has 1 saturated carbocycles. The number of carbonyl (C=O) groups excluding carboxylic acids is 1. The Labute approximate surface area is 113 Å². The Balaban J connectivity index is 1.89. The Kier molecular flexibility index (Phi) is 3.32. The number of nitrogens with one attached hydrogen (secondary N) is 1. The maximum Gasteiger partial charge on any atom is 0.223 e. The monoisotopic (exact) mass is 251 g/mol. The summed E-state index contributed by atoms with van der Waals surface area (Å²) in [4.78, 5) is 12.1. The Bertz CT molecular complexity index is 506. The molecular weight excluding hydrogens is 234 g/mol. The average Bonchev–Trinajstić information content (AvgIpc) is 3.31. The molecule has 0 radical (unpaired) electrons. The van der Waals surface area contributed by atoms with Crippen LogP contribution in [0.5, 0.6) is 0 Å². The van der Waals surface area contributed by atoms with E-state index >= 15 is 0 Å². The molecule has 0 aromatic heterocycles. The Morgan fingerprint density at radius 3 is 1.79 bits per heavy atom. The maximum atomic E-state index is 12.1. The standard InChI is InChI=1S/C17H17NO/c19-17(15-11-12-15)18-16(13-7-3-1-4-8-13)14-9-5-2-6-10-14/h1-10,15-16H,11-12H2,(H,18,19). The summed E-state index contributed by atoms with van der Waals surface area (Å²) < 4.78 is 0. The van der Waals surface area contributed by atoms with Gasteiger partial charge in [0, 0.05) is 5.92 Å². The van der Waals surface area contributed by atoms with Crippen LogP contribution in [0.1, 0.15) is 30.0 Å². The molecule has 0 spiro atoms. The van der Waals surface area contributed by atoms with Crippen LogP contribution >= 0.6 is 0 Å². The summed E-state index contributed by atoms with van der Waals surface area (Å²) in [7, 11) is 0. The van der Waals surface area contributed by atoms with Gasteiger partial charge in [0.15, 0.2) is 0 Å². The molecule has 0 aliphatic heterocycles. The summed E-state index contributed by atoms with van der Waals surface area (Å²) in [6, 6.07) is 20.2. The summed E-state index contributed by atoms with van der Waals surface area (Å²) in [6.45, 7) is 0. The minimum Gasteiger partial charge on any atom is -0.345 e. The molecule has 2 nitrogen and oxygen atoms in total. The first kappa shape index (κ1) is 12.0. The van der Waals surface area contributed by atoms with Crippen molar-refractivity contribution in [2.24, 2.45) is 5.92 Å². The number of hydrogen-bond donors (Lipinski definition) is 1. The second-order valence-electron chi connectivity index (χ2n) is 5.04. The van der Waals surface area contributed by atoms with E-state index in [1.165, 1.54) is 0 Å². The van der Waals surface area contributed by atoms with Crippen molar-refractivity contribution in [3.8, 4) is 0 Å². The van der Waals surface area contributed by atoms with E-state index < -0.39 is 0 Å². The minimum atomic E-state index is -0.0458. The van der Waals surface area contributed by atoms with Gasteiger partial charge in [-0.3, -0.25) is 4.79 Å². The molecule has 3 rings (SSSR count). The number of rotatable bonds is 4. The van der Waals surface area contributed by atoms with Crippen LogP contribution in [-0.4, -0.2) is 5.91 Å². The molecule has 1 fully saturated rings. The molecule has 0 heterocycles. The van der Waals surface area contributed by atoms with Crippen LogP contribution in [0.15, 0.2) is 60.7 Å². The largest absolute Gasteiger partial charge is 0.345 e. The van der Waals surface area contributed by atoms with Gasteiger partial charge in [0.1, 0.15) is 0 Å². The van der Waals surface area contributed by atoms with Gasteiger partial charge in [-0.1, -0.05) is 60.7 Å². The van der Waals surface area contributed by atoms with Gasteiger partial charge in [0.05, 0.1) is 6.04 Å². The highest BCUT2D eigenvalue weighted by Crippen LogP contribution is 2.31. The van der Waals surface area contributed by atoms with E-state index in [1.807, 2.05) is 36.4 Å². The lowest BCUT2D eigenvalue weighted by molar-refractivity contribution is -0.122. The van der Waals surface area contributed by atoms with Crippen LogP contribution in [0.3, 0.4) is 0 Å². The molecule has 96 valence electrons. The molecule has 0 unspecified atom stereocenters. The lowest BCUT2D eigenvalue weighted by atomic mass is 9.98. The second-order valence-corrected chi connectivity index (χ2v) is 5.04. The zero-order valence-electron chi connectivity index (χ0n) is 10.8. The summed E-state index contributed by atoms with van der Waals surface area (Å²) in [5.74, 6) is 0.410. The fourth-order valence-electron chi connectivity index (χ4n) is 2.26. The molecule has 1 aliphatic carbocycles.